The first-order valence-corrected chi connectivity index (χ1v) is 10.8. The number of likely N-dealkylation sites (tertiary alicyclic amines) is 1. The van der Waals surface area contributed by atoms with Crippen LogP contribution in [-0.4, -0.2) is 34.6 Å². The molecule has 2 heterocycles. The van der Waals surface area contributed by atoms with Gasteiger partial charge in [0.15, 0.2) is 0 Å². The number of hydrogen-bond acceptors (Lipinski definition) is 5. The summed E-state index contributed by atoms with van der Waals surface area (Å²) in [6.45, 7) is 10.0. The highest BCUT2D eigenvalue weighted by Gasteiger charge is 2.35. The molecule has 1 unspecified atom stereocenters. The van der Waals surface area contributed by atoms with Crippen molar-refractivity contribution < 1.29 is 9.84 Å². The van der Waals surface area contributed by atoms with Gasteiger partial charge in [-0.2, -0.15) is 0 Å². The van der Waals surface area contributed by atoms with Gasteiger partial charge in [0.05, 0.1) is 10.6 Å². The first-order valence-electron chi connectivity index (χ1n) is 9.65. The maximum atomic E-state index is 11.3. The van der Waals surface area contributed by atoms with Gasteiger partial charge in [-0.3, -0.25) is 0 Å². The molecule has 1 fully saturated rings. The van der Waals surface area contributed by atoms with Crippen LogP contribution in [0, 0.1) is 12.8 Å². The molecule has 0 aliphatic carbocycles. The number of rotatable bonds is 6. The van der Waals surface area contributed by atoms with Crippen molar-refractivity contribution in [3.05, 3.63) is 44.9 Å². The normalized spacial score (nSPS) is 21.4. The molecule has 0 saturated carbocycles. The number of aryl methyl sites for hydroxylation is 1. The van der Waals surface area contributed by atoms with Gasteiger partial charge >= 0.3 is 0 Å². The van der Waals surface area contributed by atoms with Crippen molar-refractivity contribution in [2.75, 3.05) is 19.6 Å². The molecule has 0 radical (unpaired) electrons. The lowest BCUT2D eigenvalue weighted by Crippen LogP contribution is -2.31. The van der Waals surface area contributed by atoms with E-state index in [1.165, 1.54) is 0 Å². The summed E-state index contributed by atoms with van der Waals surface area (Å²) >= 11 is 7.50. The lowest BCUT2D eigenvalue weighted by molar-refractivity contribution is 0.0206. The van der Waals surface area contributed by atoms with Crippen molar-refractivity contribution >= 4 is 22.9 Å². The SMILES string of the molecule is Cc1nc(C2(O)CCCN(CC(C)C)CC2)sc1COc1ccc(Cl)cc1. The zero-order valence-electron chi connectivity index (χ0n) is 16.4. The number of halogens is 1. The van der Waals surface area contributed by atoms with E-state index in [1.807, 2.05) is 31.2 Å². The molecule has 1 saturated heterocycles. The Hall–Kier alpha value is -1.14. The van der Waals surface area contributed by atoms with Gasteiger partial charge in [0.1, 0.15) is 23.0 Å². The highest BCUT2D eigenvalue weighted by molar-refractivity contribution is 7.11. The van der Waals surface area contributed by atoms with E-state index in [4.69, 9.17) is 21.3 Å². The Morgan fingerprint density at radius 2 is 2.00 bits per heavy atom. The molecule has 148 valence electrons. The minimum atomic E-state index is -0.820. The summed E-state index contributed by atoms with van der Waals surface area (Å²) in [7, 11) is 0. The molecule has 0 bridgehead atoms. The highest BCUT2D eigenvalue weighted by atomic mass is 35.5. The van der Waals surface area contributed by atoms with Crippen LogP contribution < -0.4 is 4.74 Å². The van der Waals surface area contributed by atoms with Crippen LogP contribution in [-0.2, 0) is 12.2 Å². The molecule has 2 aromatic rings. The predicted octanol–water partition coefficient (Wildman–Crippen LogP) is 5.01. The molecular formula is C21H29ClN2O2S. The molecule has 1 aliphatic rings. The lowest BCUT2D eigenvalue weighted by atomic mass is 9.96. The van der Waals surface area contributed by atoms with E-state index in [9.17, 15) is 5.11 Å². The Morgan fingerprint density at radius 1 is 1.26 bits per heavy atom. The number of hydrogen-bond donors (Lipinski definition) is 1. The lowest BCUT2D eigenvalue weighted by Gasteiger charge is -2.25. The molecule has 1 aromatic heterocycles. The van der Waals surface area contributed by atoms with E-state index in [1.54, 1.807) is 11.3 Å². The van der Waals surface area contributed by atoms with Gasteiger partial charge in [0.2, 0.25) is 0 Å². The van der Waals surface area contributed by atoms with Crippen LogP contribution >= 0.6 is 22.9 Å². The molecular weight excluding hydrogens is 380 g/mol. The van der Waals surface area contributed by atoms with E-state index >= 15 is 0 Å². The topological polar surface area (TPSA) is 45.6 Å². The van der Waals surface area contributed by atoms with Gasteiger partial charge in [-0.15, -0.1) is 11.3 Å². The van der Waals surface area contributed by atoms with Gasteiger partial charge in [0, 0.05) is 18.1 Å². The summed E-state index contributed by atoms with van der Waals surface area (Å²) in [5.41, 5.74) is 0.125. The maximum absolute atomic E-state index is 11.3. The summed E-state index contributed by atoms with van der Waals surface area (Å²) in [4.78, 5) is 8.24. The monoisotopic (exact) mass is 408 g/mol. The molecule has 3 rings (SSSR count). The fraction of sp³-hybridized carbons (Fsp3) is 0.571. The van der Waals surface area contributed by atoms with Crippen LogP contribution in [0.25, 0.3) is 0 Å². The van der Waals surface area contributed by atoms with E-state index in [2.05, 4.69) is 18.7 Å². The third kappa shape index (κ3) is 5.44. The summed E-state index contributed by atoms with van der Waals surface area (Å²) in [6.07, 6.45) is 2.51. The smallest absolute Gasteiger partial charge is 0.125 e. The molecule has 0 amide bonds. The molecule has 1 N–H and O–H groups in total. The first-order chi connectivity index (χ1) is 12.9. The molecule has 4 nitrogen and oxygen atoms in total. The Bertz CT molecular complexity index is 747. The second-order valence-electron chi connectivity index (χ2n) is 7.85. The fourth-order valence-corrected chi connectivity index (χ4v) is 4.78. The van der Waals surface area contributed by atoms with E-state index < -0.39 is 5.60 Å². The Balaban J connectivity index is 1.66. The standard InChI is InChI=1S/C21H29ClN2O2S/c1-15(2)13-24-11-4-9-21(25,10-12-24)20-23-16(3)19(27-20)14-26-18-7-5-17(22)6-8-18/h5-8,15,25H,4,9-14H2,1-3H3. The zero-order chi connectivity index (χ0) is 19.4. The van der Waals surface area contributed by atoms with Crippen LogP contribution in [0.4, 0.5) is 0 Å². The van der Waals surface area contributed by atoms with Crippen LogP contribution in [0.2, 0.25) is 5.02 Å². The van der Waals surface area contributed by atoms with Gasteiger partial charge < -0.3 is 14.7 Å². The minimum absolute atomic E-state index is 0.459. The van der Waals surface area contributed by atoms with E-state index in [0.29, 0.717) is 17.5 Å². The van der Waals surface area contributed by atoms with Crippen molar-refractivity contribution in [3.63, 3.8) is 0 Å². The van der Waals surface area contributed by atoms with Gasteiger partial charge in [-0.05, 0) is 62.9 Å². The van der Waals surface area contributed by atoms with Crippen molar-refractivity contribution in [2.24, 2.45) is 5.92 Å². The molecule has 1 aromatic carbocycles. The average Bonchev–Trinajstić information content (AvgIpc) is 2.90. The van der Waals surface area contributed by atoms with Crippen LogP contribution in [0.5, 0.6) is 5.75 Å². The Morgan fingerprint density at radius 3 is 2.70 bits per heavy atom. The number of ether oxygens (including phenoxy) is 1. The number of nitrogens with zero attached hydrogens (tertiary/aromatic N) is 2. The second kappa shape index (κ2) is 8.91. The largest absolute Gasteiger partial charge is 0.488 e. The van der Waals surface area contributed by atoms with Crippen LogP contribution in [0.3, 0.4) is 0 Å². The number of aliphatic hydroxyl groups is 1. The third-order valence-electron chi connectivity index (χ3n) is 5.00. The number of benzene rings is 1. The molecule has 6 heteroatoms. The zero-order valence-corrected chi connectivity index (χ0v) is 17.9. The molecule has 1 aliphatic heterocycles. The van der Waals surface area contributed by atoms with E-state index in [0.717, 1.165) is 60.2 Å². The quantitative estimate of drug-likeness (QED) is 0.729. The van der Waals surface area contributed by atoms with E-state index in [-0.39, 0.29) is 0 Å². The summed E-state index contributed by atoms with van der Waals surface area (Å²) < 4.78 is 5.87. The molecule has 27 heavy (non-hydrogen) atoms. The van der Waals surface area contributed by atoms with Gasteiger partial charge in [-0.25, -0.2) is 4.98 Å². The number of aromatic nitrogens is 1. The number of thiazole rings is 1. The maximum Gasteiger partial charge on any atom is 0.125 e. The van der Waals surface area contributed by atoms with Gasteiger partial charge in [-0.1, -0.05) is 25.4 Å². The Labute approximate surface area is 171 Å². The van der Waals surface area contributed by atoms with Crippen molar-refractivity contribution in [3.8, 4) is 5.75 Å². The predicted molar refractivity (Wildman–Crippen MR) is 112 cm³/mol. The van der Waals surface area contributed by atoms with Crippen molar-refractivity contribution in [1.82, 2.24) is 9.88 Å². The summed E-state index contributed by atoms with van der Waals surface area (Å²) in [5.74, 6) is 1.43. The summed E-state index contributed by atoms with van der Waals surface area (Å²) in [6, 6.07) is 7.36. The third-order valence-corrected chi connectivity index (χ3v) is 6.58. The van der Waals surface area contributed by atoms with Crippen LogP contribution in [0.1, 0.15) is 48.7 Å². The fourth-order valence-electron chi connectivity index (χ4n) is 3.53. The highest BCUT2D eigenvalue weighted by Crippen LogP contribution is 2.37. The van der Waals surface area contributed by atoms with Crippen LogP contribution in [0.15, 0.2) is 24.3 Å². The Kier molecular flexibility index (Phi) is 6.79. The molecule has 0 spiro atoms. The van der Waals surface area contributed by atoms with Crippen molar-refractivity contribution in [2.45, 2.75) is 52.2 Å². The van der Waals surface area contributed by atoms with Gasteiger partial charge in [0.25, 0.3) is 0 Å². The molecule has 1 atom stereocenters. The second-order valence-corrected chi connectivity index (χ2v) is 9.37. The minimum Gasteiger partial charge on any atom is -0.488 e. The first kappa shape index (κ1) is 20.6. The summed E-state index contributed by atoms with van der Waals surface area (Å²) in [5, 5.41) is 12.8. The average molecular weight is 409 g/mol. The van der Waals surface area contributed by atoms with Crippen molar-refractivity contribution in [1.29, 1.82) is 0 Å².